The van der Waals surface area contributed by atoms with E-state index in [0.29, 0.717) is 18.5 Å². The number of carbonyl (C=O) groups excluding carboxylic acids is 1. The molecule has 0 saturated carbocycles. The summed E-state index contributed by atoms with van der Waals surface area (Å²) in [7, 11) is 3.53. The number of aromatic nitrogens is 2. The zero-order valence-corrected chi connectivity index (χ0v) is 20.4. The van der Waals surface area contributed by atoms with E-state index in [1.54, 1.807) is 19.2 Å². The van der Waals surface area contributed by atoms with E-state index in [9.17, 15) is 18.0 Å². The van der Waals surface area contributed by atoms with Crippen molar-refractivity contribution in [3.63, 3.8) is 0 Å². The van der Waals surface area contributed by atoms with Gasteiger partial charge < -0.3 is 9.80 Å². The van der Waals surface area contributed by atoms with E-state index >= 15 is 0 Å². The average Bonchev–Trinajstić information content (AvgIpc) is 3.32. The molecule has 0 radical (unpaired) electrons. The molecule has 186 valence electrons. The molecular formula is C26H30F3N5O. The summed E-state index contributed by atoms with van der Waals surface area (Å²) < 4.78 is 42.9. The van der Waals surface area contributed by atoms with E-state index in [4.69, 9.17) is 0 Å². The molecule has 2 atom stereocenters. The fourth-order valence-electron chi connectivity index (χ4n) is 5.63. The Hall–Kier alpha value is -3.07. The molecule has 35 heavy (non-hydrogen) atoms. The molecule has 1 aromatic carbocycles. The van der Waals surface area contributed by atoms with Crippen molar-refractivity contribution in [1.82, 2.24) is 14.3 Å². The number of likely N-dealkylation sites (tertiary alicyclic amines) is 1. The number of pyridine rings is 1. The Morgan fingerprint density at radius 1 is 1.17 bits per heavy atom. The lowest BCUT2D eigenvalue weighted by atomic mass is 9.89. The van der Waals surface area contributed by atoms with E-state index in [1.165, 1.54) is 28.6 Å². The van der Waals surface area contributed by atoms with Gasteiger partial charge in [0.1, 0.15) is 5.65 Å². The van der Waals surface area contributed by atoms with Crippen LogP contribution in [0.2, 0.25) is 0 Å². The molecule has 3 aromatic rings. The normalized spacial score (nSPS) is 20.3. The first-order valence-corrected chi connectivity index (χ1v) is 11.9. The van der Waals surface area contributed by atoms with E-state index in [2.05, 4.69) is 47.0 Å². The number of amides is 1. The predicted octanol–water partition coefficient (Wildman–Crippen LogP) is 4.63. The van der Waals surface area contributed by atoms with Gasteiger partial charge >= 0.3 is 6.18 Å². The summed E-state index contributed by atoms with van der Waals surface area (Å²) >= 11 is 0. The van der Waals surface area contributed by atoms with Crippen molar-refractivity contribution in [2.45, 2.75) is 44.8 Å². The van der Waals surface area contributed by atoms with Crippen molar-refractivity contribution in [1.29, 1.82) is 0 Å². The van der Waals surface area contributed by atoms with Gasteiger partial charge in [0.25, 0.3) is 0 Å². The first-order chi connectivity index (χ1) is 16.5. The molecule has 0 bridgehead atoms. The van der Waals surface area contributed by atoms with Crippen molar-refractivity contribution in [3.8, 4) is 0 Å². The monoisotopic (exact) mass is 485 g/mol. The highest BCUT2D eigenvalue weighted by Gasteiger charge is 2.42. The Morgan fingerprint density at radius 3 is 2.66 bits per heavy atom. The number of hydrogen-bond donors (Lipinski definition) is 0. The highest BCUT2D eigenvalue weighted by Crippen LogP contribution is 2.45. The highest BCUT2D eigenvalue weighted by atomic mass is 19.4. The Balaban J connectivity index is 1.42. The second-order valence-corrected chi connectivity index (χ2v) is 9.90. The summed E-state index contributed by atoms with van der Waals surface area (Å²) in [6.45, 7) is 6.28. The maximum atomic E-state index is 13.8. The van der Waals surface area contributed by atoms with Crippen LogP contribution in [0.4, 0.5) is 24.7 Å². The Bertz CT molecular complexity index is 1280. The highest BCUT2D eigenvalue weighted by molar-refractivity contribution is 5.93. The van der Waals surface area contributed by atoms with Gasteiger partial charge in [-0.2, -0.15) is 13.2 Å². The van der Waals surface area contributed by atoms with Gasteiger partial charge in [-0.05, 0) is 57.1 Å². The first-order valence-electron chi connectivity index (χ1n) is 11.9. The van der Waals surface area contributed by atoms with Crippen LogP contribution in [-0.2, 0) is 11.0 Å². The van der Waals surface area contributed by atoms with Gasteiger partial charge in [-0.25, -0.2) is 4.98 Å². The van der Waals surface area contributed by atoms with E-state index < -0.39 is 11.9 Å². The van der Waals surface area contributed by atoms with Gasteiger partial charge in [0.15, 0.2) is 11.5 Å². The molecule has 1 amide bonds. The molecule has 9 heteroatoms. The second kappa shape index (κ2) is 8.55. The van der Waals surface area contributed by atoms with Crippen LogP contribution < -0.4 is 9.80 Å². The zero-order valence-electron chi connectivity index (χ0n) is 20.4. The van der Waals surface area contributed by atoms with Crippen LogP contribution in [0.15, 0.2) is 36.5 Å². The summed E-state index contributed by atoms with van der Waals surface area (Å²) in [5.74, 6) is -0.241. The Morgan fingerprint density at radius 2 is 1.91 bits per heavy atom. The minimum Gasteiger partial charge on any atom is -0.367 e. The number of nitrogens with zero attached hydrogens (tertiary/aromatic N) is 5. The third-order valence-corrected chi connectivity index (χ3v) is 7.34. The first kappa shape index (κ1) is 23.7. The molecule has 1 fully saturated rings. The van der Waals surface area contributed by atoms with Crippen LogP contribution in [0.1, 0.15) is 41.1 Å². The standard InChI is InChI=1S/C26H30F3N5O/c1-16-5-7-20-18(13-16)19-15-31(3)11-9-21(19)33(20)12-10-23(35)32(4)25-24(26(27,28)29)30-22-8-6-17(2)14-34(22)25/h5-8,13-14,19,21H,9-12,15H2,1-4H3. The van der Waals surface area contributed by atoms with Gasteiger partial charge in [0, 0.05) is 50.4 Å². The number of piperidine rings is 1. The SMILES string of the molecule is Cc1ccc2c(c1)C1CN(C)CCC1N2CCC(=O)N(C)c1c(C(F)(F)F)nc2ccc(C)cn12. The van der Waals surface area contributed by atoms with Crippen LogP contribution in [-0.4, -0.2) is 60.0 Å². The number of aryl methyl sites for hydroxylation is 2. The summed E-state index contributed by atoms with van der Waals surface area (Å²) in [4.78, 5) is 22.8. The summed E-state index contributed by atoms with van der Waals surface area (Å²) in [5.41, 5.74) is 3.54. The van der Waals surface area contributed by atoms with Crippen molar-refractivity contribution >= 4 is 23.1 Å². The third kappa shape index (κ3) is 4.16. The number of imidazole rings is 1. The van der Waals surface area contributed by atoms with Crippen molar-refractivity contribution in [2.24, 2.45) is 0 Å². The maximum absolute atomic E-state index is 13.8. The largest absolute Gasteiger partial charge is 0.437 e. The van der Waals surface area contributed by atoms with Gasteiger partial charge in [-0.15, -0.1) is 0 Å². The second-order valence-electron chi connectivity index (χ2n) is 9.90. The van der Waals surface area contributed by atoms with Crippen molar-refractivity contribution in [2.75, 3.05) is 43.5 Å². The molecule has 5 rings (SSSR count). The number of fused-ring (bicyclic) bond motifs is 4. The molecule has 0 aliphatic carbocycles. The minimum atomic E-state index is -4.67. The number of anilines is 2. The Kier molecular flexibility index (Phi) is 5.78. The Labute approximate surface area is 202 Å². The fourth-order valence-corrected chi connectivity index (χ4v) is 5.63. The quantitative estimate of drug-likeness (QED) is 0.541. The van der Waals surface area contributed by atoms with Crippen molar-refractivity contribution in [3.05, 3.63) is 58.9 Å². The van der Waals surface area contributed by atoms with Crippen LogP contribution in [0.3, 0.4) is 0 Å². The lowest BCUT2D eigenvalue weighted by molar-refractivity contribution is -0.140. The molecule has 2 unspecified atom stereocenters. The maximum Gasteiger partial charge on any atom is 0.437 e. The van der Waals surface area contributed by atoms with E-state index in [-0.39, 0.29) is 23.8 Å². The molecule has 2 aliphatic rings. The summed E-state index contributed by atoms with van der Waals surface area (Å²) in [6, 6.07) is 9.97. The fraction of sp³-hybridized carbons (Fsp3) is 0.462. The lowest BCUT2D eigenvalue weighted by Gasteiger charge is -2.37. The molecule has 2 aromatic heterocycles. The zero-order chi connectivity index (χ0) is 25.1. The smallest absolute Gasteiger partial charge is 0.367 e. The number of halogens is 3. The van der Waals surface area contributed by atoms with Crippen molar-refractivity contribution < 1.29 is 18.0 Å². The molecule has 6 nitrogen and oxygen atoms in total. The number of carbonyl (C=O) groups is 1. The van der Waals surface area contributed by atoms with Crippen LogP contribution in [0, 0.1) is 13.8 Å². The molecule has 1 saturated heterocycles. The minimum absolute atomic E-state index is 0.110. The topological polar surface area (TPSA) is 44.1 Å². The van der Waals surface area contributed by atoms with Crippen LogP contribution in [0.5, 0.6) is 0 Å². The molecule has 0 spiro atoms. The third-order valence-electron chi connectivity index (χ3n) is 7.34. The predicted molar refractivity (Wildman–Crippen MR) is 130 cm³/mol. The number of hydrogen-bond acceptors (Lipinski definition) is 4. The molecule has 4 heterocycles. The molecular weight excluding hydrogens is 455 g/mol. The number of alkyl halides is 3. The number of benzene rings is 1. The lowest BCUT2D eigenvalue weighted by Crippen LogP contribution is -2.45. The van der Waals surface area contributed by atoms with Gasteiger partial charge in [-0.1, -0.05) is 23.8 Å². The van der Waals surface area contributed by atoms with Gasteiger partial charge in [0.2, 0.25) is 5.91 Å². The summed E-state index contributed by atoms with van der Waals surface area (Å²) in [5, 5.41) is 0. The van der Waals surface area contributed by atoms with Gasteiger partial charge in [-0.3, -0.25) is 14.1 Å². The molecule has 0 N–H and O–H groups in total. The van der Waals surface area contributed by atoms with Crippen LogP contribution >= 0.6 is 0 Å². The average molecular weight is 486 g/mol. The number of likely N-dealkylation sites (N-methyl/N-ethyl adjacent to an activating group) is 1. The van der Waals surface area contributed by atoms with E-state index in [1.807, 2.05) is 0 Å². The van der Waals surface area contributed by atoms with E-state index in [0.717, 1.165) is 35.7 Å². The molecule has 2 aliphatic heterocycles. The van der Waals surface area contributed by atoms with Gasteiger partial charge in [0.05, 0.1) is 0 Å². The summed E-state index contributed by atoms with van der Waals surface area (Å²) in [6.07, 6.45) is -1.99. The van der Waals surface area contributed by atoms with Crippen LogP contribution in [0.25, 0.3) is 5.65 Å². The number of rotatable bonds is 4.